The van der Waals surface area contributed by atoms with Gasteiger partial charge in [0.05, 0.1) is 25.4 Å². The van der Waals surface area contributed by atoms with Crippen molar-refractivity contribution in [1.82, 2.24) is 5.32 Å². The van der Waals surface area contributed by atoms with Crippen molar-refractivity contribution >= 4 is 11.9 Å². The number of nitrogens with one attached hydrogen (secondary N) is 1. The van der Waals surface area contributed by atoms with Crippen molar-refractivity contribution in [1.29, 1.82) is 0 Å². The lowest BCUT2D eigenvalue weighted by Gasteiger charge is -2.20. The molecule has 0 aliphatic carbocycles. The minimum Gasteiger partial charge on any atom is -0.466 e. The fourth-order valence-corrected chi connectivity index (χ4v) is 12.3. The van der Waals surface area contributed by atoms with Crippen molar-refractivity contribution < 1.29 is 24.5 Å². The molecule has 0 fully saturated rings. The Balaban J connectivity index is 3.35. The minimum absolute atomic E-state index is 0.0110. The fraction of sp³-hybridized carbons (Fsp3) is 0.923. The topological polar surface area (TPSA) is 95.9 Å². The van der Waals surface area contributed by atoms with Crippen LogP contribution in [0, 0.1) is 0 Å². The Morgan fingerprint density at radius 1 is 0.321 bits per heavy atom. The third kappa shape index (κ3) is 69.4. The molecule has 84 heavy (non-hydrogen) atoms. The Labute approximate surface area is 526 Å². The van der Waals surface area contributed by atoms with Gasteiger partial charge in [-0.15, -0.1) is 0 Å². The van der Waals surface area contributed by atoms with E-state index in [1.807, 2.05) is 6.08 Å². The van der Waals surface area contributed by atoms with Gasteiger partial charge in [-0.2, -0.15) is 0 Å². The number of allylic oxidation sites excluding steroid dienone is 3. The van der Waals surface area contributed by atoms with E-state index in [0.29, 0.717) is 19.4 Å². The molecule has 0 aromatic rings. The number of ether oxygens (including phenoxy) is 1. The number of amides is 1. The van der Waals surface area contributed by atoms with Crippen molar-refractivity contribution in [3.8, 4) is 0 Å². The summed E-state index contributed by atoms with van der Waals surface area (Å²) in [7, 11) is 0. The highest BCUT2D eigenvalue weighted by molar-refractivity contribution is 5.76. The van der Waals surface area contributed by atoms with E-state index in [4.69, 9.17) is 4.74 Å². The molecule has 0 aromatic carbocycles. The Morgan fingerprint density at radius 3 is 0.881 bits per heavy atom. The molecule has 2 atom stereocenters. The number of aliphatic hydroxyl groups is 2. The van der Waals surface area contributed by atoms with Crippen molar-refractivity contribution in [3.05, 3.63) is 24.3 Å². The molecule has 0 saturated heterocycles. The zero-order valence-electron chi connectivity index (χ0n) is 57.2. The standard InChI is InChI=1S/C78H151NO5/c1-3-5-7-9-11-13-15-16-17-18-19-20-32-35-38-41-44-47-51-54-58-62-66-70-76(81)75(74-80)79-77(82)71-67-63-59-55-52-48-45-42-39-36-33-30-28-26-24-22-21-23-25-27-29-31-34-37-40-43-46-49-53-57-61-65-69-73-84-78(83)72-68-64-60-56-50-14-12-10-8-6-4-2/h10,12,66,70,75-76,80-81H,3-9,11,13-65,67-69,71-74H2,1-2H3,(H,79,82)/b12-10-,70-66+. The lowest BCUT2D eigenvalue weighted by atomic mass is 10.0. The zero-order chi connectivity index (χ0) is 60.6. The SMILES string of the molecule is CCCC/C=C\CCCCCCCC(=O)OCCCCCCCCCCCCCCCCCCCCCCCCCCCCCCCCCCCC(=O)NC(CO)C(O)/C=C/CCCCCCCCCCCCCCCCCCCCCCC. The molecule has 0 saturated carbocycles. The Kier molecular flexibility index (Phi) is 72.3. The first-order chi connectivity index (χ1) is 41.5. The first kappa shape index (κ1) is 82.3. The number of hydrogen-bond donors (Lipinski definition) is 3. The maximum atomic E-state index is 12.5. The van der Waals surface area contributed by atoms with Crippen LogP contribution in [0.15, 0.2) is 24.3 Å². The summed E-state index contributed by atoms with van der Waals surface area (Å²) < 4.78 is 5.47. The van der Waals surface area contributed by atoms with Gasteiger partial charge in [-0.25, -0.2) is 0 Å². The molecule has 0 bridgehead atoms. The largest absolute Gasteiger partial charge is 0.466 e. The highest BCUT2D eigenvalue weighted by Crippen LogP contribution is 2.20. The smallest absolute Gasteiger partial charge is 0.305 e. The second-order valence-electron chi connectivity index (χ2n) is 26.7. The number of esters is 1. The molecule has 0 aromatic heterocycles. The van der Waals surface area contributed by atoms with E-state index in [1.54, 1.807) is 6.08 Å². The lowest BCUT2D eigenvalue weighted by Crippen LogP contribution is -2.45. The molecule has 0 heterocycles. The number of carbonyl (C=O) groups excluding carboxylic acids is 2. The second-order valence-corrected chi connectivity index (χ2v) is 26.7. The molecular weight excluding hydrogens is 1030 g/mol. The van der Waals surface area contributed by atoms with Crippen LogP contribution in [-0.2, 0) is 14.3 Å². The predicted octanol–water partition coefficient (Wildman–Crippen LogP) is 25.3. The van der Waals surface area contributed by atoms with Gasteiger partial charge in [0.25, 0.3) is 0 Å². The van der Waals surface area contributed by atoms with E-state index in [9.17, 15) is 19.8 Å². The van der Waals surface area contributed by atoms with Crippen LogP contribution in [0.2, 0.25) is 0 Å². The van der Waals surface area contributed by atoms with Crippen LogP contribution in [0.4, 0.5) is 0 Å². The molecule has 1 amide bonds. The van der Waals surface area contributed by atoms with Crippen molar-refractivity contribution in [2.45, 2.75) is 450 Å². The molecule has 0 aliphatic heterocycles. The maximum absolute atomic E-state index is 12.5. The molecule has 3 N–H and O–H groups in total. The third-order valence-electron chi connectivity index (χ3n) is 18.2. The molecule has 2 unspecified atom stereocenters. The summed E-state index contributed by atoms with van der Waals surface area (Å²) in [6, 6.07) is -0.625. The van der Waals surface area contributed by atoms with Gasteiger partial charge in [-0.3, -0.25) is 9.59 Å². The summed E-state index contributed by atoms with van der Waals surface area (Å²) in [5.74, 6) is -0.0471. The first-order valence-corrected chi connectivity index (χ1v) is 38.6. The van der Waals surface area contributed by atoms with Crippen molar-refractivity contribution in [2.24, 2.45) is 0 Å². The van der Waals surface area contributed by atoms with E-state index >= 15 is 0 Å². The summed E-state index contributed by atoms with van der Waals surface area (Å²) in [5, 5.41) is 23.3. The van der Waals surface area contributed by atoms with Gasteiger partial charge in [-0.05, 0) is 51.4 Å². The van der Waals surface area contributed by atoms with Gasteiger partial charge in [-0.1, -0.05) is 398 Å². The van der Waals surface area contributed by atoms with Gasteiger partial charge >= 0.3 is 5.97 Å². The van der Waals surface area contributed by atoms with E-state index < -0.39 is 12.1 Å². The number of rotatable bonds is 73. The third-order valence-corrected chi connectivity index (χ3v) is 18.2. The highest BCUT2D eigenvalue weighted by Gasteiger charge is 2.18. The maximum Gasteiger partial charge on any atom is 0.305 e. The number of unbranched alkanes of at least 4 members (excludes halogenated alkanes) is 60. The average Bonchev–Trinajstić information content (AvgIpc) is 3.51. The molecule has 6 nitrogen and oxygen atoms in total. The predicted molar refractivity (Wildman–Crippen MR) is 370 cm³/mol. The Morgan fingerprint density at radius 2 is 0.571 bits per heavy atom. The van der Waals surface area contributed by atoms with Gasteiger partial charge in [0.2, 0.25) is 5.91 Å². The van der Waals surface area contributed by atoms with Crippen LogP contribution in [0.3, 0.4) is 0 Å². The lowest BCUT2D eigenvalue weighted by molar-refractivity contribution is -0.143. The van der Waals surface area contributed by atoms with E-state index in [0.717, 1.165) is 44.9 Å². The van der Waals surface area contributed by atoms with Gasteiger partial charge in [0, 0.05) is 12.8 Å². The molecule has 0 spiro atoms. The van der Waals surface area contributed by atoms with Gasteiger partial charge in [0.1, 0.15) is 0 Å². The van der Waals surface area contributed by atoms with Gasteiger partial charge < -0.3 is 20.3 Å². The van der Waals surface area contributed by atoms with E-state index in [-0.39, 0.29) is 18.5 Å². The van der Waals surface area contributed by atoms with Crippen molar-refractivity contribution in [3.63, 3.8) is 0 Å². The fourth-order valence-electron chi connectivity index (χ4n) is 12.3. The van der Waals surface area contributed by atoms with Crippen LogP contribution in [0.5, 0.6) is 0 Å². The van der Waals surface area contributed by atoms with Crippen LogP contribution in [-0.4, -0.2) is 47.4 Å². The summed E-state index contributed by atoms with van der Waals surface area (Å²) in [5.41, 5.74) is 0. The summed E-state index contributed by atoms with van der Waals surface area (Å²) in [6.45, 7) is 4.91. The van der Waals surface area contributed by atoms with Crippen molar-refractivity contribution in [2.75, 3.05) is 13.2 Å². The number of carbonyl (C=O) groups is 2. The Hall–Kier alpha value is -1.66. The molecule has 0 radical (unpaired) electrons. The van der Waals surface area contributed by atoms with E-state index in [2.05, 4.69) is 31.3 Å². The average molecular weight is 1180 g/mol. The number of aliphatic hydroxyl groups excluding tert-OH is 2. The normalized spacial score (nSPS) is 12.6. The summed E-state index contributed by atoms with van der Waals surface area (Å²) >= 11 is 0. The zero-order valence-corrected chi connectivity index (χ0v) is 57.2. The highest BCUT2D eigenvalue weighted by atomic mass is 16.5. The molecular formula is C78H151NO5. The van der Waals surface area contributed by atoms with E-state index in [1.165, 1.54) is 366 Å². The second kappa shape index (κ2) is 73.8. The Bertz CT molecular complexity index is 1320. The summed E-state index contributed by atoms with van der Waals surface area (Å²) in [6.07, 6.45) is 94.4. The number of hydrogen-bond acceptors (Lipinski definition) is 5. The molecule has 6 heteroatoms. The van der Waals surface area contributed by atoms with Crippen LogP contribution in [0.1, 0.15) is 438 Å². The monoisotopic (exact) mass is 1180 g/mol. The molecule has 0 rings (SSSR count). The quantitative estimate of drug-likeness (QED) is 0.0320. The minimum atomic E-state index is -0.842. The van der Waals surface area contributed by atoms with Crippen LogP contribution < -0.4 is 5.32 Å². The summed E-state index contributed by atoms with van der Waals surface area (Å²) in [4.78, 5) is 24.6. The molecule has 498 valence electrons. The molecule has 0 aliphatic rings. The van der Waals surface area contributed by atoms with Crippen LogP contribution >= 0.6 is 0 Å². The first-order valence-electron chi connectivity index (χ1n) is 38.6. The van der Waals surface area contributed by atoms with Gasteiger partial charge in [0.15, 0.2) is 0 Å². The van der Waals surface area contributed by atoms with Crippen LogP contribution in [0.25, 0.3) is 0 Å².